The fourth-order valence-electron chi connectivity index (χ4n) is 1.63. The van der Waals surface area contributed by atoms with E-state index in [1.807, 2.05) is 32.9 Å². The molecule has 1 aromatic rings. The highest BCUT2D eigenvalue weighted by molar-refractivity contribution is 5.90. The van der Waals surface area contributed by atoms with E-state index in [9.17, 15) is 4.79 Å². The Labute approximate surface area is 103 Å². The average Bonchev–Trinajstić information content (AvgIpc) is 2.28. The van der Waals surface area contributed by atoms with Crippen molar-refractivity contribution in [2.45, 2.75) is 46.5 Å². The number of carbonyl (C=O) groups is 1. The van der Waals surface area contributed by atoms with Gasteiger partial charge in [-0.1, -0.05) is 27.7 Å². The second-order valence-electron chi connectivity index (χ2n) is 4.70. The predicted octanol–water partition coefficient (Wildman–Crippen LogP) is 3.51. The highest BCUT2D eigenvalue weighted by Crippen LogP contribution is 2.21. The summed E-state index contributed by atoms with van der Waals surface area (Å²) >= 11 is 0. The van der Waals surface area contributed by atoms with Crippen LogP contribution in [0.5, 0.6) is 0 Å². The zero-order chi connectivity index (χ0) is 13.0. The maximum Gasteiger partial charge on any atom is 0.339 e. The zero-order valence-corrected chi connectivity index (χ0v) is 11.3. The molecular weight excluding hydrogens is 214 g/mol. The van der Waals surface area contributed by atoms with Gasteiger partial charge in [0.15, 0.2) is 0 Å². The third-order valence-electron chi connectivity index (χ3n) is 2.58. The number of pyridine rings is 1. The van der Waals surface area contributed by atoms with E-state index in [4.69, 9.17) is 4.74 Å². The molecule has 0 saturated carbocycles. The molecule has 0 atom stereocenters. The molecule has 0 amide bonds. The lowest BCUT2D eigenvalue weighted by Crippen LogP contribution is -2.12. The fraction of sp³-hybridized carbons (Fsp3) is 0.571. The van der Waals surface area contributed by atoms with Crippen molar-refractivity contribution < 1.29 is 9.53 Å². The largest absolute Gasteiger partial charge is 0.462 e. The Kier molecular flexibility index (Phi) is 4.67. The molecule has 17 heavy (non-hydrogen) atoms. The van der Waals surface area contributed by atoms with E-state index in [-0.39, 0.29) is 11.9 Å². The van der Waals surface area contributed by atoms with Gasteiger partial charge in [0, 0.05) is 5.69 Å². The van der Waals surface area contributed by atoms with Gasteiger partial charge >= 0.3 is 5.97 Å². The molecule has 0 unspecified atom stereocenters. The summed E-state index contributed by atoms with van der Waals surface area (Å²) < 4.78 is 5.04. The molecule has 0 aliphatic heterocycles. The van der Waals surface area contributed by atoms with E-state index < -0.39 is 0 Å². The number of ether oxygens (including phenoxy) is 1. The SMILES string of the molecule is CCOC(=O)c1ccc(C(C)C)nc1C(C)C. The van der Waals surface area contributed by atoms with E-state index in [1.165, 1.54) is 0 Å². The van der Waals surface area contributed by atoms with Gasteiger partial charge in [-0.25, -0.2) is 4.79 Å². The van der Waals surface area contributed by atoms with Crippen LogP contribution < -0.4 is 0 Å². The Hall–Kier alpha value is -1.38. The lowest BCUT2D eigenvalue weighted by molar-refractivity contribution is 0.0524. The van der Waals surface area contributed by atoms with Crippen LogP contribution in [0.15, 0.2) is 12.1 Å². The van der Waals surface area contributed by atoms with Crippen LogP contribution in [-0.4, -0.2) is 17.6 Å². The number of rotatable bonds is 4. The molecule has 0 fully saturated rings. The molecule has 1 rings (SSSR count). The van der Waals surface area contributed by atoms with Crippen molar-refractivity contribution in [2.75, 3.05) is 6.61 Å². The van der Waals surface area contributed by atoms with E-state index >= 15 is 0 Å². The van der Waals surface area contributed by atoms with Crippen LogP contribution in [0.3, 0.4) is 0 Å². The van der Waals surface area contributed by atoms with E-state index in [0.29, 0.717) is 18.1 Å². The van der Waals surface area contributed by atoms with E-state index in [1.54, 1.807) is 0 Å². The lowest BCUT2D eigenvalue weighted by atomic mass is 10.0. The number of hydrogen-bond donors (Lipinski definition) is 0. The van der Waals surface area contributed by atoms with E-state index in [0.717, 1.165) is 11.4 Å². The monoisotopic (exact) mass is 235 g/mol. The molecule has 0 aliphatic rings. The first kappa shape index (κ1) is 13.7. The third-order valence-corrected chi connectivity index (χ3v) is 2.58. The standard InChI is InChI=1S/C14H21NO2/c1-6-17-14(16)11-7-8-12(9(2)3)15-13(11)10(4)5/h7-10H,6H2,1-5H3. The molecule has 1 aromatic heterocycles. The highest BCUT2D eigenvalue weighted by Gasteiger charge is 2.17. The molecule has 0 aliphatic carbocycles. The van der Waals surface area contributed by atoms with Crippen LogP contribution in [0.1, 0.15) is 68.2 Å². The Balaban J connectivity index is 3.17. The minimum Gasteiger partial charge on any atom is -0.462 e. The second-order valence-corrected chi connectivity index (χ2v) is 4.70. The van der Waals surface area contributed by atoms with Gasteiger partial charge < -0.3 is 4.74 Å². The Bertz CT molecular complexity index is 397. The van der Waals surface area contributed by atoms with Gasteiger partial charge in [-0.15, -0.1) is 0 Å². The van der Waals surface area contributed by atoms with Gasteiger partial charge in [-0.3, -0.25) is 4.98 Å². The summed E-state index contributed by atoms with van der Waals surface area (Å²) in [5, 5.41) is 0. The summed E-state index contributed by atoms with van der Waals surface area (Å²) in [7, 11) is 0. The minimum atomic E-state index is -0.279. The van der Waals surface area contributed by atoms with Crippen LogP contribution in [-0.2, 0) is 4.74 Å². The van der Waals surface area contributed by atoms with Crippen LogP contribution in [0, 0.1) is 0 Å². The molecule has 3 heteroatoms. The van der Waals surface area contributed by atoms with Gasteiger partial charge in [-0.2, -0.15) is 0 Å². The van der Waals surface area contributed by atoms with Crippen LogP contribution in [0.25, 0.3) is 0 Å². The summed E-state index contributed by atoms with van der Waals surface area (Å²) in [6.45, 7) is 10.5. The van der Waals surface area contributed by atoms with Gasteiger partial charge in [-0.05, 0) is 30.9 Å². The summed E-state index contributed by atoms with van der Waals surface area (Å²) in [4.78, 5) is 16.4. The number of esters is 1. The van der Waals surface area contributed by atoms with Crippen molar-refractivity contribution >= 4 is 5.97 Å². The van der Waals surface area contributed by atoms with E-state index in [2.05, 4.69) is 18.8 Å². The Morgan fingerprint density at radius 1 is 1.24 bits per heavy atom. The smallest absolute Gasteiger partial charge is 0.339 e. The lowest BCUT2D eigenvalue weighted by Gasteiger charge is -2.14. The molecule has 0 bridgehead atoms. The van der Waals surface area contributed by atoms with Crippen molar-refractivity contribution in [3.05, 3.63) is 29.1 Å². The Morgan fingerprint density at radius 2 is 1.88 bits per heavy atom. The van der Waals surface area contributed by atoms with Crippen LogP contribution in [0.2, 0.25) is 0 Å². The molecule has 0 saturated heterocycles. The first-order valence-electron chi connectivity index (χ1n) is 6.15. The van der Waals surface area contributed by atoms with Crippen LogP contribution >= 0.6 is 0 Å². The normalized spacial score (nSPS) is 11.0. The molecule has 0 N–H and O–H groups in total. The van der Waals surface area contributed by atoms with Crippen molar-refractivity contribution in [1.82, 2.24) is 4.98 Å². The first-order valence-corrected chi connectivity index (χ1v) is 6.15. The van der Waals surface area contributed by atoms with Crippen molar-refractivity contribution in [3.8, 4) is 0 Å². The van der Waals surface area contributed by atoms with Crippen molar-refractivity contribution in [1.29, 1.82) is 0 Å². The summed E-state index contributed by atoms with van der Waals surface area (Å²) in [6.07, 6.45) is 0. The maximum absolute atomic E-state index is 11.8. The molecular formula is C14H21NO2. The van der Waals surface area contributed by atoms with Crippen molar-refractivity contribution in [3.63, 3.8) is 0 Å². The topological polar surface area (TPSA) is 39.2 Å². The van der Waals surface area contributed by atoms with Crippen molar-refractivity contribution in [2.24, 2.45) is 0 Å². The number of nitrogens with zero attached hydrogens (tertiary/aromatic N) is 1. The summed E-state index contributed by atoms with van der Waals surface area (Å²) in [5.74, 6) is 0.302. The van der Waals surface area contributed by atoms with Gasteiger partial charge in [0.05, 0.1) is 17.9 Å². The quantitative estimate of drug-likeness (QED) is 0.750. The minimum absolute atomic E-state index is 0.216. The molecule has 1 heterocycles. The zero-order valence-electron chi connectivity index (χ0n) is 11.3. The molecule has 0 aromatic carbocycles. The number of carbonyl (C=O) groups excluding carboxylic acids is 1. The molecule has 3 nitrogen and oxygen atoms in total. The Morgan fingerprint density at radius 3 is 2.35 bits per heavy atom. The molecule has 94 valence electrons. The number of hydrogen-bond acceptors (Lipinski definition) is 3. The third kappa shape index (κ3) is 3.29. The predicted molar refractivity (Wildman–Crippen MR) is 68.4 cm³/mol. The summed E-state index contributed by atoms with van der Waals surface area (Å²) in [6, 6.07) is 3.73. The average molecular weight is 235 g/mol. The van der Waals surface area contributed by atoms with Gasteiger partial charge in [0.25, 0.3) is 0 Å². The fourth-order valence-corrected chi connectivity index (χ4v) is 1.63. The highest BCUT2D eigenvalue weighted by atomic mass is 16.5. The molecule has 0 spiro atoms. The number of aromatic nitrogens is 1. The second kappa shape index (κ2) is 5.80. The maximum atomic E-state index is 11.8. The summed E-state index contributed by atoms with van der Waals surface area (Å²) in [5.41, 5.74) is 2.43. The van der Waals surface area contributed by atoms with Crippen LogP contribution in [0.4, 0.5) is 0 Å². The molecule has 0 radical (unpaired) electrons. The first-order chi connectivity index (χ1) is 7.97. The van der Waals surface area contributed by atoms with Gasteiger partial charge in [0.2, 0.25) is 0 Å². The van der Waals surface area contributed by atoms with Gasteiger partial charge in [0.1, 0.15) is 0 Å².